The molecule has 0 N–H and O–H groups in total. The Morgan fingerprint density at radius 3 is 1.36 bits per heavy atom. The SMILES string of the molecule is Clc1cccc(C2=CC3=CC4=NC(=CC5=NC(=CC6=NC(=C(c7cccc(Cl)c7Cl)C2=N3)C(c2cccc(Cl)c2Cl)=C6c2cccc(Cl)c2Cl)C=C5)C=C4)c1Cl. The Morgan fingerprint density at radius 2 is 0.804 bits per heavy atom. The van der Waals surface area contributed by atoms with Crippen LogP contribution in [0.2, 0.25) is 40.2 Å². The second-order valence-electron chi connectivity index (χ2n) is 12.8. The maximum atomic E-state index is 7.19. The van der Waals surface area contributed by atoms with Crippen molar-refractivity contribution in [3.05, 3.63) is 207 Å². The average molecular weight is 888 g/mol. The van der Waals surface area contributed by atoms with Crippen LogP contribution in [0.5, 0.6) is 0 Å². The zero-order valence-electron chi connectivity index (χ0n) is 28.4. The van der Waals surface area contributed by atoms with E-state index >= 15 is 0 Å². The van der Waals surface area contributed by atoms with Crippen molar-refractivity contribution in [3.63, 3.8) is 0 Å². The summed E-state index contributed by atoms with van der Waals surface area (Å²) in [5.74, 6) is 0. The molecule has 0 atom stereocenters. The highest BCUT2D eigenvalue weighted by molar-refractivity contribution is 6.55. The molecule has 272 valence electrons. The van der Waals surface area contributed by atoms with Gasteiger partial charge >= 0.3 is 0 Å². The highest BCUT2D eigenvalue weighted by Gasteiger charge is 2.36. The third-order valence-corrected chi connectivity index (χ3v) is 12.7. The first-order chi connectivity index (χ1) is 27.0. The monoisotopic (exact) mass is 884 g/mol. The molecule has 4 aromatic rings. The summed E-state index contributed by atoms with van der Waals surface area (Å²) in [6.07, 6.45) is 15.3. The zero-order valence-corrected chi connectivity index (χ0v) is 34.4. The second-order valence-corrected chi connectivity index (χ2v) is 16.0. The van der Waals surface area contributed by atoms with E-state index < -0.39 is 0 Å². The number of fused-ring (bicyclic) bond motifs is 4. The first-order valence-electron chi connectivity index (χ1n) is 16.9. The number of benzene rings is 4. The van der Waals surface area contributed by atoms with E-state index in [4.69, 9.17) is 113 Å². The lowest BCUT2D eigenvalue weighted by Gasteiger charge is -2.20. The molecule has 4 aromatic carbocycles. The fraction of sp³-hybridized carbons (Fsp3) is 0. The van der Waals surface area contributed by atoms with Crippen molar-refractivity contribution in [2.75, 3.05) is 0 Å². The Kier molecular flexibility index (Phi) is 9.98. The van der Waals surface area contributed by atoms with Gasteiger partial charge in [0.15, 0.2) is 0 Å². The maximum Gasteiger partial charge on any atom is 0.0824 e. The third-order valence-electron chi connectivity index (χ3n) is 9.38. The quantitative estimate of drug-likeness (QED) is 0.196. The molecule has 12 heteroatoms. The van der Waals surface area contributed by atoms with E-state index in [9.17, 15) is 0 Å². The normalized spacial score (nSPS) is 17.1. The van der Waals surface area contributed by atoms with E-state index in [0.717, 1.165) is 5.70 Å². The minimum Gasteiger partial charge on any atom is -0.249 e. The minimum atomic E-state index is 0.273. The molecule has 9 rings (SSSR count). The van der Waals surface area contributed by atoms with Gasteiger partial charge in [0.1, 0.15) is 0 Å². The van der Waals surface area contributed by atoms with Crippen molar-refractivity contribution in [2.45, 2.75) is 0 Å². The van der Waals surface area contributed by atoms with Crippen molar-refractivity contribution in [2.24, 2.45) is 20.0 Å². The van der Waals surface area contributed by atoms with Gasteiger partial charge in [-0.3, -0.25) is 0 Å². The van der Waals surface area contributed by atoms with E-state index in [0.29, 0.717) is 120 Å². The molecule has 5 aliphatic rings. The van der Waals surface area contributed by atoms with Crippen molar-refractivity contribution < 1.29 is 0 Å². The Morgan fingerprint density at radius 1 is 0.357 bits per heavy atom. The van der Waals surface area contributed by atoms with E-state index in [-0.39, 0.29) is 5.02 Å². The number of hydrogen-bond acceptors (Lipinski definition) is 4. The van der Waals surface area contributed by atoms with Crippen LogP contribution in [0.15, 0.2) is 164 Å². The van der Waals surface area contributed by atoms with E-state index in [1.54, 1.807) is 24.3 Å². The number of nitrogens with zero attached hydrogens (tertiary/aromatic N) is 4. The van der Waals surface area contributed by atoms with Crippen LogP contribution in [0.25, 0.3) is 22.3 Å². The summed E-state index contributed by atoms with van der Waals surface area (Å²) < 4.78 is 0. The summed E-state index contributed by atoms with van der Waals surface area (Å²) in [6.45, 7) is 0. The maximum absolute atomic E-state index is 7.19. The van der Waals surface area contributed by atoms with E-state index in [2.05, 4.69) is 0 Å². The molecule has 0 aromatic heterocycles. The van der Waals surface area contributed by atoms with Gasteiger partial charge in [0.05, 0.1) is 85.8 Å². The fourth-order valence-electron chi connectivity index (χ4n) is 6.93. The molecule has 0 unspecified atom stereocenters. The van der Waals surface area contributed by atoms with E-state index in [1.807, 2.05) is 97.1 Å². The van der Waals surface area contributed by atoms with Gasteiger partial charge in [-0.05, 0) is 72.9 Å². The molecular formula is C44H20Cl8N4. The van der Waals surface area contributed by atoms with Crippen molar-refractivity contribution in [3.8, 4) is 0 Å². The first kappa shape index (κ1) is 37.4. The highest BCUT2D eigenvalue weighted by atomic mass is 35.5. The van der Waals surface area contributed by atoms with Gasteiger partial charge in [-0.15, -0.1) is 0 Å². The fourth-order valence-corrected chi connectivity index (χ4v) is 8.52. The summed E-state index contributed by atoms with van der Waals surface area (Å²) in [4.78, 5) is 20.5. The Labute approximate surface area is 361 Å². The lowest BCUT2D eigenvalue weighted by molar-refractivity contribution is 1.41. The molecule has 0 amide bonds. The van der Waals surface area contributed by atoms with Gasteiger partial charge < -0.3 is 0 Å². The molecule has 5 aliphatic heterocycles. The number of allylic oxidation sites excluding steroid dienone is 12. The van der Waals surface area contributed by atoms with Crippen molar-refractivity contribution in [1.29, 1.82) is 0 Å². The summed E-state index contributed by atoms with van der Waals surface area (Å²) in [7, 11) is 0. The standard InChI is InChI=1S/C44H20Cl8N4/c45-31-9-1-5-26(39(31)49)30-19-25-18-23-14-13-21(53-23)17-22-15-16-24(54-22)20-35-36(27-6-2-10-32(46)40(27)50)37(28-7-3-11-33(47)41(28)51)44(56-35)38(43(30)55-25)29-8-4-12-34(48)42(29)52/h1-20H. The molecule has 0 saturated heterocycles. The van der Waals surface area contributed by atoms with Crippen LogP contribution in [0.4, 0.5) is 0 Å². The number of hydrogen-bond donors (Lipinski definition) is 0. The molecule has 5 heterocycles. The number of rotatable bonds is 4. The predicted molar refractivity (Wildman–Crippen MR) is 240 cm³/mol. The summed E-state index contributed by atoms with van der Waals surface area (Å²) in [5.41, 5.74) is 9.49. The van der Waals surface area contributed by atoms with Gasteiger partial charge in [0.25, 0.3) is 0 Å². The summed E-state index contributed by atoms with van der Waals surface area (Å²) >= 11 is 55.4. The average Bonchev–Trinajstić information content (AvgIpc) is 3.98. The molecule has 0 fully saturated rings. The highest BCUT2D eigenvalue weighted by Crippen LogP contribution is 2.51. The van der Waals surface area contributed by atoms with Crippen LogP contribution >= 0.6 is 92.8 Å². The molecular weight excluding hydrogens is 868 g/mol. The van der Waals surface area contributed by atoms with Gasteiger partial charge in [-0.1, -0.05) is 141 Å². The second kappa shape index (κ2) is 14.9. The van der Waals surface area contributed by atoms with Crippen LogP contribution in [0, 0.1) is 0 Å². The van der Waals surface area contributed by atoms with Crippen molar-refractivity contribution >= 4 is 138 Å². The van der Waals surface area contributed by atoms with Crippen LogP contribution in [-0.2, 0) is 0 Å². The van der Waals surface area contributed by atoms with E-state index in [1.165, 1.54) is 0 Å². The van der Waals surface area contributed by atoms with Gasteiger partial charge in [-0.25, -0.2) is 20.0 Å². The summed E-state index contributed by atoms with van der Waals surface area (Å²) in [6, 6.07) is 21.7. The van der Waals surface area contributed by atoms with Crippen LogP contribution in [-0.4, -0.2) is 22.8 Å². The largest absolute Gasteiger partial charge is 0.249 e. The van der Waals surface area contributed by atoms with Crippen molar-refractivity contribution in [1.82, 2.24) is 0 Å². The topological polar surface area (TPSA) is 49.4 Å². The minimum absolute atomic E-state index is 0.273. The van der Waals surface area contributed by atoms with Gasteiger partial charge in [-0.2, -0.15) is 0 Å². The predicted octanol–water partition coefficient (Wildman–Crippen LogP) is 14.9. The van der Waals surface area contributed by atoms with Crippen LogP contribution in [0.3, 0.4) is 0 Å². The number of halogens is 8. The zero-order chi connectivity index (χ0) is 38.8. The van der Waals surface area contributed by atoms with Gasteiger partial charge in [0, 0.05) is 44.5 Å². The van der Waals surface area contributed by atoms with Gasteiger partial charge in [0.2, 0.25) is 0 Å². The first-order valence-corrected chi connectivity index (χ1v) is 19.9. The summed E-state index contributed by atoms with van der Waals surface area (Å²) in [5, 5.41) is 2.59. The molecule has 0 radical (unpaired) electrons. The molecule has 0 saturated carbocycles. The lowest BCUT2D eigenvalue weighted by Crippen LogP contribution is -2.08. The molecule has 0 aliphatic carbocycles. The Hall–Kier alpha value is -4.20. The van der Waals surface area contributed by atoms with Crippen LogP contribution in [0.1, 0.15) is 22.3 Å². The molecule has 56 heavy (non-hydrogen) atoms. The Bertz CT molecular complexity index is 2880. The molecule has 8 bridgehead atoms. The smallest absolute Gasteiger partial charge is 0.0824 e. The molecule has 4 nitrogen and oxygen atoms in total. The number of aliphatic imine (C=N–C) groups is 4. The third kappa shape index (κ3) is 6.62. The van der Waals surface area contributed by atoms with Crippen LogP contribution < -0.4 is 0 Å². The Balaban J connectivity index is 1.50. The lowest BCUT2D eigenvalue weighted by atomic mass is 9.85. The molecule has 0 spiro atoms.